The Morgan fingerprint density at radius 3 is 2.47 bits per heavy atom. The predicted octanol–water partition coefficient (Wildman–Crippen LogP) is 2.45. The molecular weight excluding hydrogens is 620 g/mol. The maximum absolute atomic E-state index is 13.7. The molecule has 1 aromatic carbocycles. The number of likely N-dealkylation sites (tertiary alicyclic amines) is 1. The largest absolute Gasteiger partial charge is 0.509 e. The van der Waals surface area contributed by atoms with Crippen LogP contribution in [0.15, 0.2) is 24.3 Å². The number of fused-ring (bicyclic) bond motifs is 1. The van der Waals surface area contributed by atoms with Crippen molar-refractivity contribution in [1.82, 2.24) is 20.5 Å². The van der Waals surface area contributed by atoms with E-state index in [1.54, 1.807) is 24.3 Å². The number of nitrogens with one attached hydrogen (secondary N) is 3. The SMILES string of the molecule is COC(=O)O[C@H](C)N1CC[C@@H](C[C@H](NC(=O)[C@H](CC(C)C)NC(=O)c2cc3c(OC)cccc3[nH]2)C(=O)COCCOC(=O)O)C1=O. The fraction of sp³-hybridized carbons (Fsp3) is 0.548. The number of benzene rings is 1. The third kappa shape index (κ3) is 10.3. The first-order valence-electron chi connectivity index (χ1n) is 15.1. The van der Waals surface area contributed by atoms with Crippen LogP contribution in [0.25, 0.3) is 10.9 Å². The molecule has 47 heavy (non-hydrogen) atoms. The second-order valence-electron chi connectivity index (χ2n) is 11.4. The lowest BCUT2D eigenvalue weighted by Crippen LogP contribution is -2.53. The van der Waals surface area contributed by atoms with Gasteiger partial charge in [-0.15, -0.1) is 0 Å². The lowest BCUT2D eigenvalue weighted by Gasteiger charge is -2.26. The van der Waals surface area contributed by atoms with Crippen molar-refractivity contribution < 1.29 is 57.6 Å². The zero-order valence-electron chi connectivity index (χ0n) is 27.0. The molecule has 2 heterocycles. The van der Waals surface area contributed by atoms with Crippen molar-refractivity contribution in [2.45, 2.75) is 58.3 Å². The average Bonchev–Trinajstić information content (AvgIpc) is 3.63. The molecule has 0 spiro atoms. The van der Waals surface area contributed by atoms with Gasteiger partial charge in [-0.05, 0) is 50.3 Å². The molecule has 2 aromatic rings. The van der Waals surface area contributed by atoms with Crippen molar-refractivity contribution >= 4 is 46.7 Å². The van der Waals surface area contributed by atoms with Crippen LogP contribution in [0, 0.1) is 11.8 Å². The quantitative estimate of drug-likeness (QED) is 0.142. The zero-order chi connectivity index (χ0) is 34.7. The topological polar surface area (TPSA) is 212 Å². The summed E-state index contributed by atoms with van der Waals surface area (Å²) in [7, 11) is 2.66. The predicted molar refractivity (Wildman–Crippen MR) is 165 cm³/mol. The van der Waals surface area contributed by atoms with Gasteiger partial charge in [-0.2, -0.15) is 0 Å². The van der Waals surface area contributed by atoms with Gasteiger partial charge >= 0.3 is 12.3 Å². The molecule has 1 aliphatic rings. The molecule has 0 unspecified atom stereocenters. The van der Waals surface area contributed by atoms with Gasteiger partial charge in [0.2, 0.25) is 11.8 Å². The third-order valence-corrected chi connectivity index (χ3v) is 7.56. The molecule has 1 saturated heterocycles. The van der Waals surface area contributed by atoms with Crippen LogP contribution >= 0.6 is 0 Å². The van der Waals surface area contributed by atoms with Crippen LogP contribution in [-0.2, 0) is 33.3 Å². The van der Waals surface area contributed by atoms with Gasteiger partial charge in [-0.3, -0.25) is 19.2 Å². The van der Waals surface area contributed by atoms with Crippen LogP contribution in [0.2, 0.25) is 0 Å². The van der Waals surface area contributed by atoms with Gasteiger partial charge in [0.15, 0.2) is 12.0 Å². The Labute approximate surface area is 271 Å². The zero-order valence-corrected chi connectivity index (χ0v) is 27.0. The molecule has 4 N–H and O–H groups in total. The van der Waals surface area contributed by atoms with Gasteiger partial charge in [0, 0.05) is 23.4 Å². The molecule has 1 aromatic heterocycles. The van der Waals surface area contributed by atoms with Crippen molar-refractivity contribution in [1.29, 1.82) is 0 Å². The number of hydrogen-bond donors (Lipinski definition) is 4. The van der Waals surface area contributed by atoms with Crippen LogP contribution in [0.4, 0.5) is 9.59 Å². The summed E-state index contributed by atoms with van der Waals surface area (Å²) in [5.41, 5.74) is 0.871. The number of ether oxygens (including phenoxy) is 5. The highest BCUT2D eigenvalue weighted by molar-refractivity contribution is 6.02. The smallest absolute Gasteiger partial charge is 0.496 e. The van der Waals surface area contributed by atoms with Gasteiger partial charge in [0.1, 0.15) is 30.7 Å². The van der Waals surface area contributed by atoms with Crippen molar-refractivity contribution in [3.8, 4) is 5.75 Å². The van der Waals surface area contributed by atoms with Crippen LogP contribution in [0.1, 0.15) is 50.5 Å². The highest BCUT2D eigenvalue weighted by atomic mass is 16.7. The Hall–Kier alpha value is -4.86. The number of ketones is 1. The van der Waals surface area contributed by atoms with Gasteiger partial charge in [-0.1, -0.05) is 19.9 Å². The molecule has 16 heteroatoms. The molecule has 1 fully saturated rings. The third-order valence-electron chi connectivity index (χ3n) is 7.56. The number of carboxylic acid groups (broad SMARTS) is 1. The van der Waals surface area contributed by atoms with Crippen molar-refractivity contribution in [2.24, 2.45) is 11.8 Å². The number of hydrogen-bond acceptors (Lipinski definition) is 11. The lowest BCUT2D eigenvalue weighted by molar-refractivity contribution is -0.140. The molecule has 0 radical (unpaired) electrons. The minimum absolute atomic E-state index is 0.0261. The van der Waals surface area contributed by atoms with E-state index in [-0.39, 0.29) is 50.1 Å². The minimum atomic E-state index is -1.50. The summed E-state index contributed by atoms with van der Waals surface area (Å²) in [5.74, 6) is -2.31. The molecule has 3 rings (SSSR count). The maximum Gasteiger partial charge on any atom is 0.509 e. The number of nitrogens with zero attached hydrogens (tertiary/aromatic N) is 1. The van der Waals surface area contributed by atoms with Crippen molar-refractivity contribution in [3.05, 3.63) is 30.0 Å². The van der Waals surface area contributed by atoms with E-state index in [4.69, 9.17) is 19.3 Å². The summed E-state index contributed by atoms with van der Waals surface area (Å²) in [6.07, 6.45) is -2.91. The molecule has 3 amide bonds. The molecule has 16 nitrogen and oxygen atoms in total. The highest BCUT2D eigenvalue weighted by Crippen LogP contribution is 2.27. The van der Waals surface area contributed by atoms with E-state index in [1.165, 1.54) is 18.9 Å². The summed E-state index contributed by atoms with van der Waals surface area (Å²) in [4.78, 5) is 80.0. The van der Waals surface area contributed by atoms with Crippen molar-refractivity contribution in [3.63, 3.8) is 0 Å². The highest BCUT2D eigenvalue weighted by Gasteiger charge is 2.39. The molecular formula is C31H42N4O12. The summed E-state index contributed by atoms with van der Waals surface area (Å²) in [6, 6.07) is 4.70. The second-order valence-corrected chi connectivity index (χ2v) is 11.4. The van der Waals surface area contributed by atoms with E-state index in [0.717, 1.165) is 7.11 Å². The van der Waals surface area contributed by atoms with Gasteiger partial charge in [-0.25, -0.2) is 9.59 Å². The molecule has 0 saturated carbocycles. The standard InChI is InChI=1S/C31H42N4O12/c1-17(2)13-23(34-28(38)24-15-20-21(32-24)7-6-8-26(20)43-4)27(37)33-22(25(36)16-45-11-12-46-30(40)41)14-19-9-10-35(29(19)39)18(3)47-31(42)44-5/h6-8,15,17-19,22-23,32H,9-14,16H2,1-5H3,(H,33,37)(H,34,38)(H,40,41)/t18-,19+,22+,23+/m1/s1. The molecule has 4 atom stereocenters. The minimum Gasteiger partial charge on any atom is -0.496 e. The number of H-pyrrole nitrogens is 1. The summed E-state index contributed by atoms with van der Waals surface area (Å²) >= 11 is 0. The molecule has 0 aliphatic carbocycles. The van der Waals surface area contributed by atoms with Crippen LogP contribution in [0.5, 0.6) is 5.75 Å². The Kier molecular flexibility index (Phi) is 13.4. The summed E-state index contributed by atoms with van der Waals surface area (Å²) in [5, 5.41) is 14.8. The van der Waals surface area contributed by atoms with E-state index < -0.39 is 60.7 Å². The van der Waals surface area contributed by atoms with Gasteiger partial charge < -0.3 is 49.3 Å². The normalized spacial score (nSPS) is 16.3. The van der Waals surface area contributed by atoms with Gasteiger partial charge in [0.25, 0.3) is 5.91 Å². The number of amides is 3. The molecule has 0 bridgehead atoms. The average molecular weight is 663 g/mol. The number of aromatic nitrogens is 1. The number of carbonyl (C=O) groups excluding carboxylic acids is 5. The maximum atomic E-state index is 13.7. The molecule has 1 aliphatic heterocycles. The summed E-state index contributed by atoms with van der Waals surface area (Å²) in [6.45, 7) is 4.48. The number of aromatic amines is 1. The van der Waals surface area contributed by atoms with E-state index >= 15 is 0 Å². The first kappa shape index (κ1) is 36.6. The summed E-state index contributed by atoms with van der Waals surface area (Å²) < 4.78 is 24.6. The first-order chi connectivity index (χ1) is 22.3. The van der Waals surface area contributed by atoms with E-state index in [1.807, 2.05) is 13.8 Å². The Bertz CT molecular complexity index is 1440. The Morgan fingerprint density at radius 1 is 1.06 bits per heavy atom. The fourth-order valence-corrected chi connectivity index (χ4v) is 5.25. The molecule has 258 valence electrons. The fourth-order valence-electron chi connectivity index (χ4n) is 5.25. The second kappa shape index (κ2) is 17.2. The van der Waals surface area contributed by atoms with Crippen LogP contribution in [0.3, 0.4) is 0 Å². The van der Waals surface area contributed by atoms with Gasteiger partial charge in [0.05, 0.1) is 26.9 Å². The van der Waals surface area contributed by atoms with Crippen LogP contribution in [-0.4, -0.2) is 110 Å². The number of Topliss-reactive ketones (excluding diaryl/α,β-unsaturated/α-hetero) is 1. The van der Waals surface area contributed by atoms with E-state index in [2.05, 4.69) is 25.1 Å². The van der Waals surface area contributed by atoms with Crippen molar-refractivity contribution in [2.75, 3.05) is 40.6 Å². The Balaban J connectivity index is 1.76. The lowest BCUT2D eigenvalue weighted by atomic mass is 9.95. The number of carbonyl (C=O) groups is 6. The monoisotopic (exact) mass is 662 g/mol. The Morgan fingerprint density at radius 2 is 1.81 bits per heavy atom. The van der Waals surface area contributed by atoms with E-state index in [0.29, 0.717) is 23.1 Å². The number of rotatable bonds is 17. The van der Waals surface area contributed by atoms with E-state index in [9.17, 15) is 28.8 Å². The number of methoxy groups -OCH3 is 2. The van der Waals surface area contributed by atoms with Crippen LogP contribution < -0.4 is 15.4 Å². The first-order valence-corrected chi connectivity index (χ1v) is 15.1.